The van der Waals surface area contributed by atoms with Gasteiger partial charge in [0.1, 0.15) is 11.3 Å². The number of amides is 1. The molecule has 1 aromatic heterocycles. The number of nitrogens with one attached hydrogen (secondary N) is 2. The van der Waals surface area contributed by atoms with Crippen molar-refractivity contribution in [3.05, 3.63) is 69.1 Å². The summed E-state index contributed by atoms with van der Waals surface area (Å²) in [7, 11) is 0. The maximum atomic E-state index is 12.5. The summed E-state index contributed by atoms with van der Waals surface area (Å²) < 4.78 is 37.4. The van der Waals surface area contributed by atoms with Gasteiger partial charge in [-0.2, -0.15) is 13.2 Å². The van der Waals surface area contributed by atoms with Crippen LogP contribution in [0.25, 0.3) is 0 Å². The van der Waals surface area contributed by atoms with E-state index in [0.717, 1.165) is 17.2 Å². The number of hydrogen-bond acceptors (Lipinski definition) is 2. The second kappa shape index (κ2) is 6.68. The van der Waals surface area contributed by atoms with Gasteiger partial charge in [-0.05, 0) is 31.0 Å². The second-order valence-corrected chi connectivity index (χ2v) is 5.11. The quantitative estimate of drug-likeness (QED) is 0.908. The first-order valence-corrected chi connectivity index (χ1v) is 6.91. The van der Waals surface area contributed by atoms with Gasteiger partial charge in [0, 0.05) is 6.54 Å². The molecule has 2 rings (SSSR count). The summed E-state index contributed by atoms with van der Waals surface area (Å²) in [5.41, 5.74) is -0.478. The number of H-pyrrole nitrogens is 1. The lowest BCUT2D eigenvalue weighted by Gasteiger charge is -2.08. The molecule has 23 heavy (non-hydrogen) atoms. The molecule has 122 valence electrons. The van der Waals surface area contributed by atoms with Gasteiger partial charge in [0.25, 0.3) is 11.5 Å². The molecule has 0 fully saturated rings. The summed E-state index contributed by atoms with van der Waals surface area (Å²) >= 11 is 0. The van der Waals surface area contributed by atoms with Crippen molar-refractivity contribution in [3.8, 4) is 0 Å². The van der Waals surface area contributed by atoms with E-state index in [1.54, 1.807) is 4.98 Å². The Bertz CT molecular complexity index is 766. The van der Waals surface area contributed by atoms with E-state index >= 15 is 0 Å². The van der Waals surface area contributed by atoms with Crippen molar-refractivity contribution in [3.63, 3.8) is 0 Å². The molecule has 0 aliphatic carbocycles. The Kier molecular flexibility index (Phi) is 4.88. The van der Waals surface area contributed by atoms with Crippen molar-refractivity contribution in [1.29, 1.82) is 0 Å². The summed E-state index contributed by atoms with van der Waals surface area (Å²) in [5, 5.41) is 2.53. The number of pyridine rings is 1. The van der Waals surface area contributed by atoms with Crippen LogP contribution in [0.1, 0.15) is 27.2 Å². The molecule has 2 aromatic rings. The molecule has 2 N–H and O–H groups in total. The first-order valence-electron chi connectivity index (χ1n) is 6.91. The zero-order valence-corrected chi connectivity index (χ0v) is 12.3. The van der Waals surface area contributed by atoms with E-state index in [1.165, 1.54) is 0 Å². The van der Waals surface area contributed by atoms with Gasteiger partial charge < -0.3 is 10.3 Å². The zero-order valence-electron chi connectivity index (χ0n) is 12.3. The first-order chi connectivity index (χ1) is 10.8. The van der Waals surface area contributed by atoms with Crippen molar-refractivity contribution in [2.45, 2.75) is 19.5 Å². The van der Waals surface area contributed by atoms with Crippen molar-refractivity contribution in [1.82, 2.24) is 10.3 Å². The van der Waals surface area contributed by atoms with Gasteiger partial charge in [-0.15, -0.1) is 0 Å². The Hall–Kier alpha value is -2.57. The molecule has 4 nitrogen and oxygen atoms in total. The molecule has 0 aliphatic rings. The molecule has 0 saturated carbocycles. The number of rotatable bonds is 4. The van der Waals surface area contributed by atoms with Gasteiger partial charge >= 0.3 is 6.18 Å². The third-order valence-corrected chi connectivity index (χ3v) is 3.24. The standard InChI is InChI=1S/C16H15F3N2O2/c1-10-3-2-4-11(9-10)7-8-20-14(22)12-5-6-13(16(17,18)19)21-15(12)23/h2-6,9H,7-8H2,1H3,(H,20,22)(H,21,23). The Morgan fingerprint density at radius 1 is 1.22 bits per heavy atom. The van der Waals surface area contributed by atoms with Crippen LogP contribution < -0.4 is 10.9 Å². The Morgan fingerprint density at radius 2 is 1.96 bits per heavy atom. The van der Waals surface area contributed by atoms with Gasteiger partial charge in [-0.1, -0.05) is 29.8 Å². The van der Waals surface area contributed by atoms with E-state index in [4.69, 9.17) is 0 Å². The lowest BCUT2D eigenvalue weighted by Crippen LogP contribution is -2.32. The van der Waals surface area contributed by atoms with E-state index in [0.29, 0.717) is 12.5 Å². The molecule has 0 bridgehead atoms. The molecular weight excluding hydrogens is 309 g/mol. The number of hydrogen-bond donors (Lipinski definition) is 2. The minimum Gasteiger partial charge on any atom is -0.352 e. The predicted octanol–water partition coefficient (Wildman–Crippen LogP) is 2.67. The first kappa shape index (κ1) is 16.8. The highest BCUT2D eigenvalue weighted by atomic mass is 19.4. The molecule has 1 amide bonds. The number of carbonyl (C=O) groups is 1. The monoisotopic (exact) mass is 324 g/mol. The number of benzene rings is 1. The van der Waals surface area contributed by atoms with Crippen molar-refractivity contribution in [2.24, 2.45) is 0 Å². The molecule has 1 aromatic carbocycles. The highest BCUT2D eigenvalue weighted by Gasteiger charge is 2.32. The van der Waals surface area contributed by atoms with Crippen LogP contribution in [-0.4, -0.2) is 17.4 Å². The Labute approximate surface area is 130 Å². The van der Waals surface area contributed by atoms with Crippen LogP contribution >= 0.6 is 0 Å². The van der Waals surface area contributed by atoms with Gasteiger partial charge in [-0.3, -0.25) is 9.59 Å². The van der Waals surface area contributed by atoms with Crippen LogP contribution in [0.5, 0.6) is 0 Å². The number of aromatic nitrogens is 1. The maximum absolute atomic E-state index is 12.5. The van der Waals surface area contributed by atoms with Crippen LogP contribution in [0.4, 0.5) is 13.2 Å². The Morgan fingerprint density at radius 3 is 2.57 bits per heavy atom. The SMILES string of the molecule is Cc1cccc(CCNC(=O)c2ccc(C(F)(F)F)[nH]c2=O)c1. The number of aryl methyl sites for hydroxylation is 1. The van der Waals surface area contributed by atoms with Gasteiger partial charge in [0.2, 0.25) is 0 Å². The molecule has 0 spiro atoms. The number of aromatic amines is 1. The average Bonchev–Trinajstić information content (AvgIpc) is 2.46. The lowest BCUT2D eigenvalue weighted by atomic mass is 10.1. The summed E-state index contributed by atoms with van der Waals surface area (Å²) in [6.07, 6.45) is -4.09. The molecular formula is C16H15F3N2O2. The van der Waals surface area contributed by atoms with E-state index in [-0.39, 0.29) is 12.1 Å². The normalized spacial score (nSPS) is 11.3. The highest BCUT2D eigenvalue weighted by Crippen LogP contribution is 2.26. The van der Waals surface area contributed by atoms with Gasteiger partial charge in [0.05, 0.1) is 0 Å². The fourth-order valence-corrected chi connectivity index (χ4v) is 2.10. The average molecular weight is 324 g/mol. The van der Waals surface area contributed by atoms with Crippen molar-refractivity contribution >= 4 is 5.91 Å². The van der Waals surface area contributed by atoms with Gasteiger partial charge in [0.15, 0.2) is 0 Å². The smallest absolute Gasteiger partial charge is 0.352 e. The van der Waals surface area contributed by atoms with Crippen molar-refractivity contribution < 1.29 is 18.0 Å². The van der Waals surface area contributed by atoms with Crippen LogP contribution in [-0.2, 0) is 12.6 Å². The number of halogens is 3. The highest BCUT2D eigenvalue weighted by molar-refractivity contribution is 5.93. The Balaban J connectivity index is 2.00. The minimum absolute atomic E-state index is 0.281. The molecule has 0 radical (unpaired) electrons. The van der Waals surface area contributed by atoms with Crippen LogP contribution in [0, 0.1) is 6.92 Å². The molecule has 1 heterocycles. The van der Waals surface area contributed by atoms with Crippen LogP contribution in [0.3, 0.4) is 0 Å². The van der Waals surface area contributed by atoms with Crippen LogP contribution in [0.15, 0.2) is 41.2 Å². The number of carbonyl (C=O) groups excluding carboxylic acids is 1. The molecule has 0 atom stereocenters. The number of alkyl halides is 3. The summed E-state index contributed by atoms with van der Waals surface area (Å²) in [4.78, 5) is 25.1. The molecule has 0 saturated heterocycles. The topological polar surface area (TPSA) is 62.0 Å². The molecule has 0 aliphatic heterocycles. The van der Waals surface area contributed by atoms with Crippen molar-refractivity contribution in [2.75, 3.05) is 6.54 Å². The van der Waals surface area contributed by atoms with E-state index in [9.17, 15) is 22.8 Å². The van der Waals surface area contributed by atoms with Gasteiger partial charge in [-0.25, -0.2) is 0 Å². The zero-order chi connectivity index (χ0) is 17.0. The minimum atomic E-state index is -4.65. The summed E-state index contributed by atoms with van der Waals surface area (Å²) in [6, 6.07) is 9.28. The van der Waals surface area contributed by atoms with E-state index in [1.807, 2.05) is 31.2 Å². The van der Waals surface area contributed by atoms with E-state index in [2.05, 4.69) is 5.32 Å². The fourth-order valence-electron chi connectivity index (χ4n) is 2.10. The second-order valence-electron chi connectivity index (χ2n) is 5.11. The lowest BCUT2D eigenvalue weighted by molar-refractivity contribution is -0.141. The summed E-state index contributed by atoms with van der Waals surface area (Å²) in [5.74, 6) is -0.701. The summed E-state index contributed by atoms with van der Waals surface area (Å²) in [6.45, 7) is 2.23. The molecule has 7 heteroatoms. The van der Waals surface area contributed by atoms with E-state index < -0.39 is 23.3 Å². The predicted molar refractivity (Wildman–Crippen MR) is 79.3 cm³/mol. The molecule has 0 unspecified atom stereocenters. The van der Waals surface area contributed by atoms with Crippen LogP contribution in [0.2, 0.25) is 0 Å². The fraction of sp³-hybridized carbons (Fsp3) is 0.250. The third kappa shape index (κ3) is 4.45. The maximum Gasteiger partial charge on any atom is 0.431 e. The third-order valence-electron chi connectivity index (χ3n) is 3.24. The largest absolute Gasteiger partial charge is 0.431 e.